The van der Waals surface area contributed by atoms with Crippen LogP contribution in [-0.2, 0) is 10.0 Å². The van der Waals surface area contributed by atoms with Crippen molar-refractivity contribution in [1.29, 1.82) is 0 Å². The Morgan fingerprint density at radius 3 is 2.53 bits per heavy atom. The van der Waals surface area contributed by atoms with Crippen LogP contribution in [0.4, 0.5) is 5.69 Å². The number of benzene rings is 1. The highest BCUT2D eigenvalue weighted by Gasteiger charge is 2.25. The molecule has 0 fully saturated rings. The van der Waals surface area contributed by atoms with Gasteiger partial charge in [-0.1, -0.05) is 13.3 Å². The highest BCUT2D eigenvalue weighted by molar-refractivity contribution is 7.89. The molecule has 19 heavy (non-hydrogen) atoms. The van der Waals surface area contributed by atoms with E-state index in [9.17, 15) is 8.42 Å². The average Bonchev–Trinajstić information content (AvgIpc) is 2.37. The van der Waals surface area contributed by atoms with Crippen molar-refractivity contribution in [2.75, 3.05) is 19.9 Å². The topological polar surface area (TPSA) is 72.6 Å². The van der Waals surface area contributed by atoms with Crippen LogP contribution in [0.15, 0.2) is 23.1 Å². The first-order valence-electron chi connectivity index (χ1n) is 6.26. The minimum absolute atomic E-state index is 0.0432. The number of rotatable bonds is 6. The summed E-state index contributed by atoms with van der Waals surface area (Å²) in [5.74, 6) is 0.475. The summed E-state index contributed by atoms with van der Waals surface area (Å²) in [6.45, 7) is 3.93. The Morgan fingerprint density at radius 1 is 1.42 bits per heavy atom. The minimum Gasteiger partial charge on any atom is -0.495 e. The van der Waals surface area contributed by atoms with Gasteiger partial charge in [-0.25, -0.2) is 8.42 Å². The maximum Gasteiger partial charge on any atom is 0.243 e. The van der Waals surface area contributed by atoms with Gasteiger partial charge in [0.25, 0.3) is 0 Å². The molecule has 5 nitrogen and oxygen atoms in total. The number of methoxy groups -OCH3 is 1. The molecule has 6 heteroatoms. The second kappa shape index (κ2) is 6.25. The van der Waals surface area contributed by atoms with Crippen LogP contribution in [0.1, 0.15) is 26.7 Å². The van der Waals surface area contributed by atoms with E-state index in [1.54, 1.807) is 13.1 Å². The largest absolute Gasteiger partial charge is 0.495 e. The second-order valence-corrected chi connectivity index (χ2v) is 6.56. The maximum absolute atomic E-state index is 12.4. The van der Waals surface area contributed by atoms with Crippen LogP contribution < -0.4 is 10.5 Å². The monoisotopic (exact) mass is 286 g/mol. The Morgan fingerprint density at radius 2 is 2.05 bits per heavy atom. The lowest BCUT2D eigenvalue weighted by Gasteiger charge is -2.24. The highest BCUT2D eigenvalue weighted by Crippen LogP contribution is 2.26. The molecule has 1 atom stereocenters. The number of nitrogens with two attached hydrogens (primary N) is 1. The molecule has 0 bridgehead atoms. The predicted molar refractivity (Wildman–Crippen MR) is 76.7 cm³/mol. The molecule has 0 spiro atoms. The van der Waals surface area contributed by atoms with Crippen molar-refractivity contribution in [3.05, 3.63) is 18.2 Å². The summed E-state index contributed by atoms with van der Waals surface area (Å²) in [6, 6.07) is 4.47. The van der Waals surface area contributed by atoms with Gasteiger partial charge in [0.05, 0.1) is 17.7 Å². The number of ether oxygens (including phenoxy) is 1. The van der Waals surface area contributed by atoms with Gasteiger partial charge in [-0.15, -0.1) is 0 Å². The van der Waals surface area contributed by atoms with E-state index in [4.69, 9.17) is 10.5 Å². The molecule has 0 amide bonds. The lowest BCUT2D eigenvalue weighted by molar-refractivity contribution is 0.368. The first-order valence-corrected chi connectivity index (χ1v) is 7.70. The summed E-state index contributed by atoms with van der Waals surface area (Å²) in [5, 5.41) is 0. The highest BCUT2D eigenvalue weighted by atomic mass is 32.2. The standard InChI is InChI=1S/C13H22N2O3S/c1-5-6-10(2)15(3)19(16,17)11-7-8-13(18-4)12(14)9-11/h7-10H,5-6,14H2,1-4H3. The molecule has 0 aliphatic rings. The maximum atomic E-state index is 12.4. The zero-order valence-corrected chi connectivity index (χ0v) is 12.7. The molecule has 0 heterocycles. The summed E-state index contributed by atoms with van der Waals surface area (Å²) in [6.07, 6.45) is 1.76. The van der Waals surface area contributed by atoms with Gasteiger partial charge in [-0.3, -0.25) is 0 Å². The van der Waals surface area contributed by atoms with Crippen molar-refractivity contribution in [1.82, 2.24) is 4.31 Å². The molecule has 1 rings (SSSR count). The fourth-order valence-corrected chi connectivity index (χ4v) is 3.30. The van der Waals surface area contributed by atoms with E-state index in [0.29, 0.717) is 11.4 Å². The van der Waals surface area contributed by atoms with E-state index in [-0.39, 0.29) is 10.9 Å². The molecule has 0 saturated heterocycles. The Balaban J connectivity index is 3.10. The Kier molecular flexibility index (Phi) is 5.20. The predicted octanol–water partition coefficient (Wildman–Crippen LogP) is 2.09. The van der Waals surface area contributed by atoms with E-state index in [1.807, 2.05) is 13.8 Å². The normalized spacial score (nSPS) is 13.5. The molecule has 1 aromatic rings. The number of nitrogens with zero attached hydrogens (tertiary/aromatic N) is 1. The smallest absolute Gasteiger partial charge is 0.243 e. The zero-order valence-electron chi connectivity index (χ0n) is 11.9. The molecule has 0 radical (unpaired) electrons. The second-order valence-electron chi connectivity index (χ2n) is 4.56. The SMILES string of the molecule is CCCC(C)N(C)S(=O)(=O)c1ccc(OC)c(N)c1. The lowest BCUT2D eigenvalue weighted by atomic mass is 10.2. The summed E-state index contributed by atoms with van der Waals surface area (Å²) in [4.78, 5) is 0.191. The molecule has 0 aliphatic heterocycles. The lowest BCUT2D eigenvalue weighted by Crippen LogP contribution is -2.35. The number of hydrogen-bond donors (Lipinski definition) is 1. The third-order valence-electron chi connectivity index (χ3n) is 3.21. The van der Waals surface area contributed by atoms with Crippen molar-refractivity contribution in [2.24, 2.45) is 0 Å². The van der Waals surface area contributed by atoms with Crippen molar-refractivity contribution < 1.29 is 13.2 Å². The summed E-state index contributed by atoms with van der Waals surface area (Å²) in [5.41, 5.74) is 6.08. The van der Waals surface area contributed by atoms with Crippen LogP contribution in [0.5, 0.6) is 5.75 Å². The van der Waals surface area contributed by atoms with Crippen molar-refractivity contribution in [2.45, 2.75) is 37.6 Å². The van der Waals surface area contributed by atoms with Gasteiger partial charge >= 0.3 is 0 Å². The molecular weight excluding hydrogens is 264 g/mol. The molecule has 0 aliphatic carbocycles. The van der Waals surface area contributed by atoms with Crippen molar-refractivity contribution >= 4 is 15.7 Å². The first-order chi connectivity index (χ1) is 8.84. The van der Waals surface area contributed by atoms with Gasteiger partial charge in [0.1, 0.15) is 5.75 Å². The first kappa shape index (κ1) is 15.8. The molecule has 1 unspecified atom stereocenters. The van der Waals surface area contributed by atoms with E-state index in [1.165, 1.54) is 23.5 Å². The third-order valence-corrected chi connectivity index (χ3v) is 5.17. The van der Waals surface area contributed by atoms with Crippen LogP contribution in [-0.4, -0.2) is 32.9 Å². The fourth-order valence-electron chi connectivity index (χ4n) is 1.88. The average molecular weight is 286 g/mol. The van der Waals surface area contributed by atoms with Gasteiger partial charge < -0.3 is 10.5 Å². The van der Waals surface area contributed by atoms with E-state index >= 15 is 0 Å². The fraction of sp³-hybridized carbons (Fsp3) is 0.538. The van der Waals surface area contributed by atoms with Gasteiger partial charge in [0, 0.05) is 13.1 Å². The van der Waals surface area contributed by atoms with Gasteiger partial charge in [0.2, 0.25) is 10.0 Å². The zero-order chi connectivity index (χ0) is 14.6. The molecule has 1 aromatic carbocycles. The quantitative estimate of drug-likeness (QED) is 0.813. The van der Waals surface area contributed by atoms with Gasteiger partial charge in [-0.2, -0.15) is 4.31 Å². The Labute approximate surface area is 115 Å². The Bertz CT molecular complexity index is 529. The molecule has 2 N–H and O–H groups in total. The molecule has 108 valence electrons. The van der Waals surface area contributed by atoms with Gasteiger partial charge in [0.15, 0.2) is 0 Å². The molecule has 0 saturated carbocycles. The number of nitrogen functional groups attached to an aromatic ring is 1. The third kappa shape index (κ3) is 3.39. The Hall–Kier alpha value is -1.27. The van der Waals surface area contributed by atoms with Crippen LogP contribution in [0.2, 0.25) is 0 Å². The van der Waals surface area contributed by atoms with E-state index < -0.39 is 10.0 Å². The summed E-state index contributed by atoms with van der Waals surface area (Å²) >= 11 is 0. The minimum atomic E-state index is -3.51. The molecular formula is C13H22N2O3S. The summed E-state index contributed by atoms with van der Waals surface area (Å²) in [7, 11) is -0.421. The summed E-state index contributed by atoms with van der Waals surface area (Å²) < 4.78 is 31.3. The van der Waals surface area contributed by atoms with Crippen molar-refractivity contribution in [3.8, 4) is 5.75 Å². The molecule has 0 aromatic heterocycles. The van der Waals surface area contributed by atoms with Crippen molar-refractivity contribution in [3.63, 3.8) is 0 Å². The number of anilines is 1. The van der Waals surface area contributed by atoms with E-state index in [2.05, 4.69) is 0 Å². The van der Waals surface area contributed by atoms with Gasteiger partial charge in [-0.05, 0) is 31.5 Å². The van der Waals surface area contributed by atoms with Crippen LogP contribution >= 0.6 is 0 Å². The van der Waals surface area contributed by atoms with Crippen LogP contribution in [0.25, 0.3) is 0 Å². The van der Waals surface area contributed by atoms with E-state index in [0.717, 1.165) is 12.8 Å². The number of hydrogen-bond acceptors (Lipinski definition) is 4. The van der Waals surface area contributed by atoms with Crippen LogP contribution in [0.3, 0.4) is 0 Å². The number of sulfonamides is 1. The van der Waals surface area contributed by atoms with Crippen LogP contribution in [0, 0.1) is 0 Å².